The number of piperidine rings is 1. The predicted molar refractivity (Wildman–Crippen MR) is 153 cm³/mol. The van der Waals surface area contributed by atoms with Gasteiger partial charge >= 0.3 is 0 Å². The van der Waals surface area contributed by atoms with E-state index in [9.17, 15) is 9.59 Å². The van der Waals surface area contributed by atoms with Crippen molar-refractivity contribution in [3.63, 3.8) is 0 Å². The second kappa shape index (κ2) is 11.9. The van der Waals surface area contributed by atoms with Crippen molar-refractivity contribution in [2.24, 2.45) is 0 Å². The zero-order valence-corrected chi connectivity index (χ0v) is 23.3. The molecule has 2 aliphatic heterocycles. The van der Waals surface area contributed by atoms with Crippen LogP contribution in [0.25, 0.3) is 0 Å². The fourth-order valence-corrected chi connectivity index (χ4v) is 5.64. The molecule has 1 N–H and O–H groups in total. The number of nitrogens with zero attached hydrogens (tertiary/aromatic N) is 4. The largest absolute Gasteiger partial charge is 0.464 e. The molecule has 0 spiro atoms. The minimum absolute atomic E-state index is 0.0837. The number of pyridine rings is 1. The van der Waals surface area contributed by atoms with Crippen molar-refractivity contribution < 1.29 is 14.0 Å². The molecule has 1 unspecified atom stereocenters. The first-order chi connectivity index (χ1) is 18.9. The van der Waals surface area contributed by atoms with Gasteiger partial charge in [-0.25, -0.2) is 0 Å². The van der Waals surface area contributed by atoms with Crippen molar-refractivity contribution >= 4 is 23.2 Å². The molecule has 0 aliphatic carbocycles. The molecule has 0 radical (unpaired) electrons. The summed E-state index contributed by atoms with van der Waals surface area (Å²) >= 11 is 0. The molecule has 2 amide bonds. The van der Waals surface area contributed by atoms with Crippen LogP contribution < -0.4 is 15.1 Å². The molecule has 2 fully saturated rings. The minimum atomic E-state index is -0.389. The second-order valence-corrected chi connectivity index (χ2v) is 10.8. The third kappa shape index (κ3) is 6.44. The normalized spacial score (nSPS) is 16.7. The lowest BCUT2D eigenvalue weighted by molar-refractivity contribution is -0.129. The van der Waals surface area contributed by atoms with Crippen LogP contribution in [0.5, 0.6) is 0 Å². The summed E-state index contributed by atoms with van der Waals surface area (Å²) in [6.45, 7) is 10.6. The number of amides is 2. The van der Waals surface area contributed by atoms with Crippen molar-refractivity contribution in [2.75, 3.05) is 49.1 Å². The average Bonchev–Trinajstić information content (AvgIpc) is 3.38. The molecule has 8 heteroatoms. The van der Waals surface area contributed by atoms with Gasteiger partial charge in [0.05, 0.1) is 18.3 Å². The molecule has 0 bridgehead atoms. The summed E-state index contributed by atoms with van der Waals surface area (Å²) < 4.78 is 6.07. The van der Waals surface area contributed by atoms with E-state index in [0.29, 0.717) is 13.1 Å². The number of piperazine rings is 1. The van der Waals surface area contributed by atoms with E-state index in [0.717, 1.165) is 54.5 Å². The molecule has 2 aromatic heterocycles. The third-order valence-electron chi connectivity index (χ3n) is 7.78. The molecular formula is C31H39N5O3. The van der Waals surface area contributed by atoms with Crippen molar-refractivity contribution in [3.05, 3.63) is 77.0 Å². The van der Waals surface area contributed by atoms with Gasteiger partial charge in [0, 0.05) is 63.6 Å². The summed E-state index contributed by atoms with van der Waals surface area (Å²) in [7, 11) is 0. The van der Waals surface area contributed by atoms with Crippen LogP contribution in [-0.2, 0) is 16.0 Å². The van der Waals surface area contributed by atoms with Crippen LogP contribution in [0.3, 0.4) is 0 Å². The lowest BCUT2D eigenvalue weighted by Crippen LogP contribution is -2.48. The average molecular weight is 530 g/mol. The number of hydrogen-bond acceptors (Lipinski definition) is 6. The number of rotatable bonds is 7. The Hall–Kier alpha value is -3.81. The van der Waals surface area contributed by atoms with Gasteiger partial charge in [-0.3, -0.25) is 14.6 Å². The lowest BCUT2D eigenvalue weighted by atomic mass is 9.97. The number of nitrogens with one attached hydrogen (secondary N) is 1. The van der Waals surface area contributed by atoms with Crippen LogP contribution >= 0.6 is 0 Å². The zero-order chi connectivity index (χ0) is 27.4. The molecule has 2 aliphatic rings. The Labute approximate surface area is 231 Å². The second-order valence-electron chi connectivity index (χ2n) is 10.8. The first-order valence-electron chi connectivity index (χ1n) is 14.0. The Kier molecular flexibility index (Phi) is 8.19. The number of hydrogen-bond donors (Lipinski definition) is 1. The minimum Gasteiger partial charge on any atom is -0.464 e. The van der Waals surface area contributed by atoms with Crippen LogP contribution in [0, 0.1) is 13.8 Å². The molecule has 1 aromatic carbocycles. The maximum absolute atomic E-state index is 13.5. The standard InChI is InChI=1S/C31H39N5O3/c1-22-7-9-27(28(17-22)36-11-5-4-6-12-36)31(29-10-8-23(2)39-29)33-30(38)19-25-18-26(21-32-20-25)35-15-13-34(14-16-35)24(3)37/h7-10,17-18,20-21,31H,4-6,11-16,19H2,1-3H3,(H,33,38). The highest BCUT2D eigenvalue weighted by atomic mass is 16.3. The molecule has 3 aromatic rings. The van der Waals surface area contributed by atoms with Crippen molar-refractivity contribution in [3.8, 4) is 0 Å². The van der Waals surface area contributed by atoms with Gasteiger partial charge < -0.3 is 24.4 Å². The van der Waals surface area contributed by atoms with Gasteiger partial charge in [-0.2, -0.15) is 0 Å². The summed E-state index contributed by atoms with van der Waals surface area (Å²) in [5, 5.41) is 3.28. The van der Waals surface area contributed by atoms with Crippen molar-refractivity contribution in [1.29, 1.82) is 0 Å². The number of benzene rings is 1. The topological polar surface area (TPSA) is 81.9 Å². The Morgan fingerprint density at radius 2 is 1.69 bits per heavy atom. The highest BCUT2D eigenvalue weighted by Crippen LogP contribution is 2.34. The number of carbonyl (C=O) groups excluding carboxylic acids is 2. The summed E-state index contributed by atoms with van der Waals surface area (Å²) in [6, 6.07) is 12.0. The summed E-state index contributed by atoms with van der Waals surface area (Å²) in [4.78, 5) is 36.1. The van der Waals surface area contributed by atoms with Crippen molar-refractivity contribution in [1.82, 2.24) is 15.2 Å². The number of aromatic nitrogens is 1. The zero-order valence-electron chi connectivity index (χ0n) is 23.3. The number of aryl methyl sites for hydroxylation is 2. The van der Waals surface area contributed by atoms with E-state index in [1.54, 1.807) is 13.1 Å². The van der Waals surface area contributed by atoms with Gasteiger partial charge in [0.15, 0.2) is 0 Å². The van der Waals surface area contributed by atoms with Gasteiger partial charge in [0.2, 0.25) is 11.8 Å². The van der Waals surface area contributed by atoms with Gasteiger partial charge in [0.25, 0.3) is 0 Å². The first kappa shape index (κ1) is 26.8. The maximum Gasteiger partial charge on any atom is 0.225 e. The Morgan fingerprint density at radius 1 is 0.923 bits per heavy atom. The molecule has 8 nitrogen and oxygen atoms in total. The Balaban J connectivity index is 1.35. The molecule has 5 rings (SSSR count). The van der Waals surface area contributed by atoms with E-state index in [4.69, 9.17) is 4.42 Å². The highest BCUT2D eigenvalue weighted by Gasteiger charge is 2.26. The van der Waals surface area contributed by atoms with Crippen LogP contribution in [0.1, 0.15) is 60.4 Å². The van der Waals surface area contributed by atoms with Gasteiger partial charge in [-0.1, -0.05) is 12.1 Å². The number of carbonyl (C=O) groups is 2. The van der Waals surface area contributed by atoms with E-state index >= 15 is 0 Å². The molecule has 0 saturated carbocycles. The fourth-order valence-electron chi connectivity index (χ4n) is 5.64. The SMILES string of the molecule is CC(=O)N1CCN(c2cncc(CC(=O)NC(c3ccc(C)o3)c3ccc(C)cc3N3CCCCC3)c2)CC1. The third-order valence-corrected chi connectivity index (χ3v) is 7.78. The van der Waals surface area contributed by atoms with Gasteiger partial charge in [-0.05, 0) is 68.5 Å². The van der Waals surface area contributed by atoms with E-state index < -0.39 is 0 Å². The first-order valence-corrected chi connectivity index (χ1v) is 14.0. The molecule has 4 heterocycles. The lowest BCUT2D eigenvalue weighted by Gasteiger charge is -2.35. The van der Waals surface area contributed by atoms with Crippen molar-refractivity contribution in [2.45, 2.75) is 52.5 Å². The van der Waals surface area contributed by atoms with E-state index in [1.807, 2.05) is 36.2 Å². The maximum atomic E-state index is 13.5. The number of anilines is 2. The van der Waals surface area contributed by atoms with Crippen LogP contribution in [0.15, 0.2) is 53.2 Å². The van der Waals surface area contributed by atoms with Gasteiger partial charge in [-0.15, -0.1) is 0 Å². The molecular weight excluding hydrogens is 490 g/mol. The predicted octanol–water partition coefficient (Wildman–Crippen LogP) is 4.40. The molecule has 2 saturated heterocycles. The van der Waals surface area contributed by atoms with Crippen LogP contribution in [0.2, 0.25) is 0 Å². The smallest absolute Gasteiger partial charge is 0.225 e. The summed E-state index contributed by atoms with van der Waals surface area (Å²) in [5.74, 6) is 1.58. The monoisotopic (exact) mass is 529 g/mol. The van der Waals surface area contributed by atoms with E-state index in [2.05, 4.69) is 45.2 Å². The molecule has 1 atom stereocenters. The number of furan rings is 1. The fraction of sp³-hybridized carbons (Fsp3) is 0.452. The molecule has 206 valence electrons. The Bertz CT molecular complexity index is 1310. The molecule has 39 heavy (non-hydrogen) atoms. The summed E-state index contributed by atoms with van der Waals surface area (Å²) in [5.41, 5.74) is 5.26. The van der Waals surface area contributed by atoms with E-state index in [1.165, 1.54) is 30.5 Å². The summed E-state index contributed by atoms with van der Waals surface area (Å²) in [6.07, 6.45) is 7.42. The van der Waals surface area contributed by atoms with Crippen LogP contribution in [0.4, 0.5) is 11.4 Å². The Morgan fingerprint density at radius 3 is 2.38 bits per heavy atom. The van der Waals surface area contributed by atoms with Gasteiger partial charge in [0.1, 0.15) is 17.6 Å². The van der Waals surface area contributed by atoms with E-state index in [-0.39, 0.29) is 24.3 Å². The quantitative estimate of drug-likeness (QED) is 0.489. The highest BCUT2D eigenvalue weighted by molar-refractivity contribution is 5.80. The van der Waals surface area contributed by atoms with Crippen LogP contribution in [-0.4, -0.2) is 61.0 Å².